The molecule has 1 saturated heterocycles. The first-order chi connectivity index (χ1) is 9.68. The van der Waals surface area contributed by atoms with Crippen molar-refractivity contribution in [3.63, 3.8) is 0 Å². The van der Waals surface area contributed by atoms with Gasteiger partial charge in [-0.15, -0.1) is 0 Å². The smallest absolute Gasteiger partial charge is 0.0655 e. The van der Waals surface area contributed by atoms with Crippen LogP contribution in [-0.4, -0.2) is 31.1 Å². The number of rotatable bonds is 3. The van der Waals surface area contributed by atoms with Gasteiger partial charge in [0.2, 0.25) is 0 Å². The SMILES string of the molecule is Clc1ccc(Cl)c([C@H](C2CCC2)N2CCNCC2)c1Cl. The van der Waals surface area contributed by atoms with E-state index in [4.69, 9.17) is 34.8 Å². The summed E-state index contributed by atoms with van der Waals surface area (Å²) in [4.78, 5) is 2.52. The Morgan fingerprint density at radius 2 is 1.70 bits per heavy atom. The third kappa shape index (κ3) is 2.82. The van der Waals surface area contributed by atoms with E-state index >= 15 is 0 Å². The summed E-state index contributed by atoms with van der Waals surface area (Å²) in [5, 5.41) is 5.38. The largest absolute Gasteiger partial charge is 0.314 e. The Balaban J connectivity index is 1.98. The van der Waals surface area contributed by atoms with Gasteiger partial charge in [-0.05, 0) is 30.9 Å². The Kier molecular flexibility index (Phi) is 4.79. The topological polar surface area (TPSA) is 15.3 Å². The first-order valence-corrected chi connectivity index (χ1v) is 8.40. The van der Waals surface area contributed by atoms with Gasteiger partial charge in [0.25, 0.3) is 0 Å². The predicted octanol–water partition coefficient (Wildman–Crippen LogP) is 4.39. The van der Waals surface area contributed by atoms with E-state index in [2.05, 4.69) is 10.2 Å². The molecule has 0 amide bonds. The van der Waals surface area contributed by atoms with Crippen LogP contribution in [0.1, 0.15) is 30.9 Å². The van der Waals surface area contributed by atoms with E-state index in [0.717, 1.165) is 36.8 Å². The van der Waals surface area contributed by atoms with E-state index in [1.807, 2.05) is 6.07 Å². The summed E-state index contributed by atoms with van der Waals surface area (Å²) in [6.45, 7) is 4.14. The average molecular weight is 334 g/mol. The van der Waals surface area contributed by atoms with Crippen LogP contribution in [0.2, 0.25) is 15.1 Å². The molecule has 1 saturated carbocycles. The highest BCUT2D eigenvalue weighted by Crippen LogP contribution is 2.47. The zero-order valence-electron chi connectivity index (χ0n) is 11.3. The van der Waals surface area contributed by atoms with E-state index in [1.54, 1.807) is 6.07 Å². The molecule has 2 fully saturated rings. The maximum atomic E-state index is 6.48. The second kappa shape index (κ2) is 6.41. The van der Waals surface area contributed by atoms with Crippen LogP contribution < -0.4 is 5.32 Å². The molecule has 0 spiro atoms. The van der Waals surface area contributed by atoms with Gasteiger partial charge >= 0.3 is 0 Å². The molecular weight excluding hydrogens is 315 g/mol. The fraction of sp³-hybridized carbons (Fsp3) is 0.600. The predicted molar refractivity (Wildman–Crippen MR) is 86.0 cm³/mol. The van der Waals surface area contributed by atoms with Gasteiger partial charge in [0, 0.05) is 42.8 Å². The quantitative estimate of drug-likeness (QED) is 0.825. The number of halogens is 3. The highest BCUT2D eigenvalue weighted by molar-refractivity contribution is 6.44. The normalized spacial score (nSPS) is 22.6. The van der Waals surface area contributed by atoms with Crippen molar-refractivity contribution in [1.82, 2.24) is 10.2 Å². The van der Waals surface area contributed by atoms with Crippen molar-refractivity contribution < 1.29 is 0 Å². The molecule has 1 heterocycles. The Morgan fingerprint density at radius 1 is 1.05 bits per heavy atom. The van der Waals surface area contributed by atoms with E-state index < -0.39 is 0 Å². The number of nitrogens with one attached hydrogen (secondary N) is 1. The first-order valence-electron chi connectivity index (χ1n) is 7.26. The van der Waals surface area contributed by atoms with E-state index in [0.29, 0.717) is 22.0 Å². The summed E-state index contributed by atoms with van der Waals surface area (Å²) in [5.74, 6) is 0.654. The van der Waals surface area contributed by atoms with Gasteiger partial charge in [0.1, 0.15) is 0 Å². The van der Waals surface area contributed by atoms with Crippen molar-refractivity contribution >= 4 is 34.8 Å². The van der Waals surface area contributed by atoms with Gasteiger partial charge in [-0.1, -0.05) is 41.2 Å². The molecule has 0 unspecified atom stereocenters. The summed E-state index contributed by atoms with van der Waals surface area (Å²) in [7, 11) is 0. The van der Waals surface area contributed by atoms with Crippen molar-refractivity contribution in [2.45, 2.75) is 25.3 Å². The molecule has 2 nitrogen and oxygen atoms in total. The van der Waals surface area contributed by atoms with E-state index in [-0.39, 0.29) is 0 Å². The summed E-state index contributed by atoms with van der Waals surface area (Å²) in [6.07, 6.45) is 3.82. The minimum atomic E-state index is 0.310. The Hall–Kier alpha value is 0.01000. The highest BCUT2D eigenvalue weighted by atomic mass is 35.5. The monoisotopic (exact) mass is 332 g/mol. The lowest BCUT2D eigenvalue weighted by atomic mass is 9.76. The molecule has 1 aromatic rings. The lowest BCUT2D eigenvalue weighted by Gasteiger charge is -2.44. The number of piperazine rings is 1. The molecule has 1 N–H and O–H groups in total. The van der Waals surface area contributed by atoms with Gasteiger partial charge < -0.3 is 5.32 Å². The number of nitrogens with zero attached hydrogens (tertiary/aromatic N) is 1. The van der Waals surface area contributed by atoms with Crippen molar-refractivity contribution in [3.05, 3.63) is 32.8 Å². The summed E-state index contributed by atoms with van der Waals surface area (Å²) in [6, 6.07) is 3.97. The molecule has 1 aliphatic carbocycles. The Morgan fingerprint density at radius 3 is 2.30 bits per heavy atom. The Bertz CT molecular complexity index is 482. The van der Waals surface area contributed by atoms with Crippen molar-refractivity contribution in [2.24, 2.45) is 5.92 Å². The molecule has 1 atom stereocenters. The zero-order valence-corrected chi connectivity index (χ0v) is 13.6. The average Bonchev–Trinajstić information content (AvgIpc) is 2.41. The first kappa shape index (κ1) is 14.9. The highest BCUT2D eigenvalue weighted by Gasteiger charge is 2.36. The molecule has 3 rings (SSSR count). The third-order valence-corrected chi connectivity index (χ3v) is 5.67. The summed E-state index contributed by atoms with van der Waals surface area (Å²) >= 11 is 19.1. The molecular formula is C15H19Cl3N2. The van der Waals surface area contributed by atoms with Crippen LogP contribution >= 0.6 is 34.8 Å². The van der Waals surface area contributed by atoms with Crippen LogP contribution in [0.4, 0.5) is 0 Å². The second-order valence-corrected chi connectivity index (χ2v) is 6.87. The maximum absolute atomic E-state index is 6.48. The van der Waals surface area contributed by atoms with Gasteiger partial charge in [-0.3, -0.25) is 4.90 Å². The minimum absolute atomic E-state index is 0.310. The van der Waals surface area contributed by atoms with Gasteiger partial charge in [-0.25, -0.2) is 0 Å². The number of benzene rings is 1. The fourth-order valence-corrected chi connectivity index (χ4v) is 4.01. The molecule has 1 aromatic carbocycles. The molecule has 110 valence electrons. The maximum Gasteiger partial charge on any atom is 0.0655 e. The number of hydrogen-bond acceptors (Lipinski definition) is 2. The standard InChI is InChI=1S/C15H19Cl3N2/c16-11-4-5-12(17)14(18)13(11)15(10-2-1-3-10)20-8-6-19-7-9-20/h4-5,10,15,19H,1-3,6-9H2/t15-/m0/s1. The van der Waals surface area contributed by atoms with Gasteiger partial charge in [0.05, 0.1) is 10.0 Å². The van der Waals surface area contributed by atoms with Crippen LogP contribution in [-0.2, 0) is 0 Å². The van der Waals surface area contributed by atoms with E-state index in [9.17, 15) is 0 Å². The van der Waals surface area contributed by atoms with Crippen LogP contribution in [0, 0.1) is 5.92 Å². The minimum Gasteiger partial charge on any atom is -0.314 e. The second-order valence-electron chi connectivity index (χ2n) is 5.68. The summed E-state index contributed by atoms with van der Waals surface area (Å²) in [5.41, 5.74) is 1.03. The molecule has 0 radical (unpaired) electrons. The van der Waals surface area contributed by atoms with Gasteiger partial charge in [-0.2, -0.15) is 0 Å². The van der Waals surface area contributed by atoms with Crippen LogP contribution in [0.3, 0.4) is 0 Å². The lowest BCUT2D eigenvalue weighted by molar-refractivity contribution is 0.0838. The molecule has 0 bridgehead atoms. The van der Waals surface area contributed by atoms with Crippen LogP contribution in [0.25, 0.3) is 0 Å². The zero-order chi connectivity index (χ0) is 14.1. The van der Waals surface area contributed by atoms with Crippen molar-refractivity contribution in [3.8, 4) is 0 Å². The van der Waals surface area contributed by atoms with Crippen molar-refractivity contribution in [1.29, 1.82) is 0 Å². The Labute approximate surface area is 135 Å². The fourth-order valence-electron chi connectivity index (χ4n) is 3.25. The van der Waals surface area contributed by atoms with Crippen LogP contribution in [0.15, 0.2) is 12.1 Å². The van der Waals surface area contributed by atoms with Gasteiger partial charge in [0.15, 0.2) is 0 Å². The number of hydrogen-bond donors (Lipinski definition) is 1. The molecule has 1 aliphatic heterocycles. The van der Waals surface area contributed by atoms with Crippen molar-refractivity contribution in [2.75, 3.05) is 26.2 Å². The molecule has 5 heteroatoms. The molecule has 2 aliphatic rings. The lowest BCUT2D eigenvalue weighted by Crippen LogP contribution is -2.48. The molecule has 0 aromatic heterocycles. The summed E-state index contributed by atoms with van der Waals surface area (Å²) < 4.78 is 0. The third-order valence-electron chi connectivity index (χ3n) is 4.52. The molecule has 20 heavy (non-hydrogen) atoms. The van der Waals surface area contributed by atoms with Crippen LogP contribution in [0.5, 0.6) is 0 Å². The van der Waals surface area contributed by atoms with E-state index in [1.165, 1.54) is 19.3 Å².